The maximum atomic E-state index is 13.2. The fourth-order valence-corrected chi connectivity index (χ4v) is 3.27. The van der Waals surface area contributed by atoms with Crippen LogP contribution in [0.3, 0.4) is 0 Å². The summed E-state index contributed by atoms with van der Waals surface area (Å²) in [6, 6.07) is 17.6. The van der Waals surface area contributed by atoms with Crippen LogP contribution < -0.4 is 0 Å². The van der Waals surface area contributed by atoms with Gasteiger partial charge in [0, 0.05) is 31.5 Å². The number of rotatable bonds is 9. The Balaban J connectivity index is 1.71. The van der Waals surface area contributed by atoms with E-state index < -0.39 is 0 Å². The molecule has 2 nitrogen and oxygen atoms in total. The van der Waals surface area contributed by atoms with E-state index in [1.54, 1.807) is 0 Å². The van der Waals surface area contributed by atoms with Gasteiger partial charge in [-0.15, -0.1) is 0 Å². The summed E-state index contributed by atoms with van der Waals surface area (Å²) in [5.74, 6) is 0.211. The average Bonchev–Trinajstić information content (AvgIpc) is 3.10. The molecule has 0 unspecified atom stereocenters. The number of hydrogen-bond donors (Lipinski definition) is 0. The van der Waals surface area contributed by atoms with Crippen LogP contribution in [0.2, 0.25) is 0 Å². The largest absolute Gasteiger partial charge is 0.346 e. The minimum atomic E-state index is -0.212. The molecule has 0 aliphatic heterocycles. The fraction of sp³-hybridized carbons (Fsp3) is 0.333. The lowest BCUT2D eigenvalue weighted by Crippen LogP contribution is -2.26. The van der Waals surface area contributed by atoms with Gasteiger partial charge in [0.15, 0.2) is 0 Å². The first-order chi connectivity index (χ1) is 13.5. The summed E-state index contributed by atoms with van der Waals surface area (Å²) >= 11 is 0. The Morgan fingerprint density at radius 3 is 2.04 bits per heavy atom. The Morgan fingerprint density at radius 1 is 0.821 bits per heavy atom. The summed E-state index contributed by atoms with van der Waals surface area (Å²) in [5.41, 5.74) is 3.41. The number of halogens is 2. The number of hydrogen-bond acceptors (Lipinski definition) is 1. The van der Waals surface area contributed by atoms with Gasteiger partial charge in [0.1, 0.15) is 11.6 Å². The van der Waals surface area contributed by atoms with Crippen molar-refractivity contribution in [2.45, 2.75) is 39.9 Å². The van der Waals surface area contributed by atoms with E-state index in [0.717, 1.165) is 43.7 Å². The molecule has 0 radical (unpaired) electrons. The SMILES string of the molecule is CC(C)CCN(Cc1ccc(F)cc1)Cc1cccn1Cc1ccc(F)cc1. The van der Waals surface area contributed by atoms with Crippen LogP contribution in [0.1, 0.15) is 37.1 Å². The first-order valence-electron chi connectivity index (χ1n) is 9.85. The predicted octanol–water partition coefficient (Wildman–Crippen LogP) is 5.86. The molecule has 3 aromatic rings. The van der Waals surface area contributed by atoms with E-state index in [4.69, 9.17) is 0 Å². The van der Waals surface area contributed by atoms with E-state index >= 15 is 0 Å². The molecule has 148 valence electrons. The monoisotopic (exact) mass is 382 g/mol. The molecule has 3 rings (SSSR count). The van der Waals surface area contributed by atoms with Crippen molar-refractivity contribution in [3.63, 3.8) is 0 Å². The third kappa shape index (κ3) is 6.03. The van der Waals surface area contributed by atoms with Crippen LogP contribution in [0.25, 0.3) is 0 Å². The van der Waals surface area contributed by atoms with Crippen LogP contribution in [0.5, 0.6) is 0 Å². The highest BCUT2D eigenvalue weighted by Gasteiger charge is 2.11. The van der Waals surface area contributed by atoms with Gasteiger partial charge >= 0.3 is 0 Å². The Labute approximate surface area is 166 Å². The molecule has 1 heterocycles. The zero-order chi connectivity index (χ0) is 19.9. The Bertz CT molecular complexity index is 851. The van der Waals surface area contributed by atoms with Gasteiger partial charge in [-0.1, -0.05) is 38.1 Å². The molecule has 0 amide bonds. The molecule has 4 heteroatoms. The molecule has 0 aliphatic carbocycles. The standard InChI is InChI=1S/C24H28F2N2/c1-19(2)13-15-27(16-20-5-9-22(25)10-6-20)18-24-4-3-14-28(24)17-21-7-11-23(26)12-8-21/h3-12,14,19H,13,15-18H2,1-2H3. The highest BCUT2D eigenvalue weighted by atomic mass is 19.1. The maximum Gasteiger partial charge on any atom is 0.123 e. The molecule has 1 aromatic heterocycles. The zero-order valence-electron chi connectivity index (χ0n) is 16.6. The first-order valence-corrected chi connectivity index (χ1v) is 9.85. The second-order valence-electron chi connectivity index (χ2n) is 7.77. The van der Waals surface area contributed by atoms with Gasteiger partial charge in [0.2, 0.25) is 0 Å². The number of nitrogens with zero attached hydrogens (tertiary/aromatic N) is 2. The van der Waals surface area contributed by atoms with E-state index in [9.17, 15) is 8.78 Å². The van der Waals surface area contributed by atoms with E-state index in [-0.39, 0.29) is 11.6 Å². The van der Waals surface area contributed by atoms with Crippen molar-refractivity contribution in [2.24, 2.45) is 5.92 Å². The minimum absolute atomic E-state index is 0.203. The summed E-state index contributed by atoms with van der Waals surface area (Å²) in [4.78, 5) is 2.41. The molecule has 0 aliphatic rings. The maximum absolute atomic E-state index is 13.2. The lowest BCUT2D eigenvalue weighted by atomic mass is 10.1. The lowest BCUT2D eigenvalue weighted by Gasteiger charge is -2.24. The average molecular weight is 382 g/mol. The molecule has 28 heavy (non-hydrogen) atoms. The lowest BCUT2D eigenvalue weighted by molar-refractivity contribution is 0.235. The normalized spacial score (nSPS) is 11.5. The van der Waals surface area contributed by atoms with Crippen molar-refractivity contribution >= 4 is 0 Å². The van der Waals surface area contributed by atoms with Crippen molar-refractivity contribution < 1.29 is 8.78 Å². The summed E-state index contributed by atoms with van der Waals surface area (Å²) in [6.45, 7) is 7.77. The van der Waals surface area contributed by atoms with Crippen LogP contribution >= 0.6 is 0 Å². The molecular weight excluding hydrogens is 354 g/mol. The topological polar surface area (TPSA) is 8.17 Å². The van der Waals surface area contributed by atoms with Crippen LogP contribution in [0.4, 0.5) is 8.78 Å². The smallest absolute Gasteiger partial charge is 0.123 e. The summed E-state index contributed by atoms with van der Waals surface area (Å²) in [7, 11) is 0. The first kappa shape index (κ1) is 20.3. The molecule has 0 N–H and O–H groups in total. The van der Waals surface area contributed by atoms with Gasteiger partial charge < -0.3 is 4.57 Å². The van der Waals surface area contributed by atoms with Crippen molar-refractivity contribution in [1.29, 1.82) is 0 Å². The number of benzene rings is 2. The predicted molar refractivity (Wildman–Crippen MR) is 110 cm³/mol. The second-order valence-corrected chi connectivity index (χ2v) is 7.77. The van der Waals surface area contributed by atoms with E-state index in [0.29, 0.717) is 5.92 Å². The van der Waals surface area contributed by atoms with Gasteiger partial charge in [-0.3, -0.25) is 4.90 Å². The van der Waals surface area contributed by atoms with Crippen molar-refractivity contribution in [1.82, 2.24) is 9.47 Å². The highest BCUT2D eigenvalue weighted by Crippen LogP contribution is 2.15. The molecular formula is C24H28F2N2. The van der Waals surface area contributed by atoms with Gasteiger partial charge in [0.05, 0.1) is 0 Å². The van der Waals surface area contributed by atoms with Crippen LogP contribution in [-0.4, -0.2) is 16.0 Å². The van der Waals surface area contributed by atoms with Gasteiger partial charge in [-0.05, 0) is 66.4 Å². The number of aromatic nitrogens is 1. The fourth-order valence-electron chi connectivity index (χ4n) is 3.27. The summed E-state index contributed by atoms with van der Waals surface area (Å²) < 4.78 is 28.6. The van der Waals surface area contributed by atoms with E-state index in [1.807, 2.05) is 24.3 Å². The molecule has 0 saturated heterocycles. The quantitative estimate of drug-likeness (QED) is 0.450. The van der Waals surface area contributed by atoms with Crippen LogP contribution in [0.15, 0.2) is 66.9 Å². The van der Waals surface area contributed by atoms with E-state index in [2.05, 4.69) is 41.6 Å². The minimum Gasteiger partial charge on any atom is -0.346 e. The molecule has 2 aromatic carbocycles. The Kier molecular flexibility index (Phi) is 6.99. The van der Waals surface area contributed by atoms with Gasteiger partial charge in [-0.25, -0.2) is 8.78 Å². The molecule has 0 bridgehead atoms. The van der Waals surface area contributed by atoms with Crippen LogP contribution in [-0.2, 0) is 19.6 Å². The van der Waals surface area contributed by atoms with Crippen molar-refractivity contribution in [3.05, 3.63) is 95.3 Å². The summed E-state index contributed by atoms with van der Waals surface area (Å²) in [6.07, 6.45) is 3.18. The van der Waals surface area contributed by atoms with Gasteiger partial charge in [0.25, 0.3) is 0 Å². The summed E-state index contributed by atoms with van der Waals surface area (Å²) in [5, 5.41) is 0. The van der Waals surface area contributed by atoms with Crippen molar-refractivity contribution in [3.8, 4) is 0 Å². The Hall–Kier alpha value is -2.46. The molecule has 0 saturated carbocycles. The zero-order valence-corrected chi connectivity index (χ0v) is 16.6. The molecule has 0 fully saturated rings. The third-order valence-electron chi connectivity index (χ3n) is 4.92. The van der Waals surface area contributed by atoms with Crippen LogP contribution in [0, 0.1) is 17.6 Å². The second kappa shape index (κ2) is 9.65. The van der Waals surface area contributed by atoms with Crippen molar-refractivity contribution in [2.75, 3.05) is 6.54 Å². The highest BCUT2D eigenvalue weighted by molar-refractivity contribution is 5.19. The Morgan fingerprint density at radius 2 is 1.43 bits per heavy atom. The van der Waals surface area contributed by atoms with E-state index in [1.165, 1.54) is 30.0 Å². The third-order valence-corrected chi connectivity index (χ3v) is 4.92. The molecule has 0 spiro atoms. The van der Waals surface area contributed by atoms with Gasteiger partial charge in [-0.2, -0.15) is 0 Å². The molecule has 0 atom stereocenters.